The monoisotopic (exact) mass is 302 g/mol. The van der Waals surface area contributed by atoms with Crippen LogP contribution >= 0.6 is 0 Å². The molecule has 0 N–H and O–H groups in total. The highest BCUT2D eigenvalue weighted by molar-refractivity contribution is 5.39. The second kappa shape index (κ2) is 5.67. The Balaban J connectivity index is 1.65. The molecule has 0 saturated heterocycles. The van der Waals surface area contributed by atoms with E-state index in [0.717, 1.165) is 11.3 Å². The maximum Gasteiger partial charge on any atom is 0.253 e. The predicted molar refractivity (Wildman–Crippen MR) is 80.8 cm³/mol. The van der Waals surface area contributed by atoms with Crippen LogP contribution in [0, 0.1) is 6.42 Å². The van der Waals surface area contributed by atoms with Gasteiger partial charge in [-0.05, 0) is 36.2 Å². The van der Waals surface area contributed by atoms with Crippen molar-refractivity contribution in [3.05, 3.63) is 66.3 Å². The molecule has 2 nitrogen and oxygen atoms in total. The van der Waals surface area contributed by atoms with Gasteiger partial charge in [-0.3, -0.25) is 4.98 Å². The molecule has 1 saturated carbocycles. The average Bonchev–Trinajstić information content (AvgIpc) is 2.52. The fourth-order valence-electron chi connectivity index (χ4n) is 2.94. The van der Waals surface area contributed by atoms with E-state index in [9.17, 15) is 8.78 Å². The van der Waals surface area contributed by atoms with Gasteiger partial charge in [-0.15, -0.1) is 0 Å². The number of halogens is 2. The molecule has 0 aliphatic heterocycles. The normalized spacial score (nSPS) is 18.5. The average molecular weight is 302 g/mol. The summed E-state index contributed by atoms with van der Waals surface area (Å²) in [5, 5.41) is 0. The van der Waals surface area contributed by atoms with Crippen LogP contribution in [0.4, 0.5) is 8.78 Å². The first-order valence-electron chi connectivity index (χ1n) is 7.41. The molecule has 3 rings (SSSR count). The van der Waals surface area contributed by atoms with Crippen LogP contribution in [0.1, 0.15) is 31.0 Å². The lowest BCUT2D eigenvalue weighted by atomic mass is 9.60. The molecule has 0 amide bonds. The van der Waals surface area contributed by atoms with Crippen molar-refractivity contribution < 1.29 is 13.5 Å². The molecule has 115 valence electrons. The van der Waals surface area contributed by atoms with Gasteiger partial charge in [0.25, 0.3) is 5.92 Å². The molecule has 1 aromatic carbocycles. The standard InChI is InChI=1S/C18H18F2NO/c1-2-17(12-18(19,20)13-17)14-6-8-16(9-7-14)22-11-15-5-3-4-10-21-15/h3-10,12H,2,11,13H2,1H3. The lowest BCUT2D eigenvalue weighted by molar-refractivity contribution is -0.0656. The molecule has 1 aliphatic carbocycles. The first-order valence-corrected chi connectivity index (χ1v) is 7.41. The highest BCUT2D eigenvalue weighted by Gasteiger charge is 2.56. The van der Waals surface area contributed by atoms with Crippen LogP contribution in [0.5, 0.6) is 5.75 Å². The third-order valence-electron chi connectivity index (χ3n) is 4.21. The van der Waals surface area contributed by atoms with Gasteiger partial charge in [0, 0.05) is 24.5 Å². The lowest BCUT2D eigenvalue weighted by Gasteiger charge is -2.47. The molecule has 0 spiro atoms. The molecule has 1 atom stereocenters. The predicted octanol–water partition coefficient (Wildman–Crippen LogP) is 4.55. The fourth-order valence-corrected chi connectivity index (χ4v) is 2.94. The van der Waals surface area contributed by atoms with E-state index < -0.39 is 11.3 Å². The van der Waals surface area contributed by atoms with Crippen LogP contribution in [0.25, 0.3) is 0 Å². The largest absolute Gasteiger partial charge is 0.487 e. The van der Waals surface area contributed by atoms with Crippen LogP contribution < -0.4 is 4.74 Å². The van der Waals surface area contributed by atoms with Crippen LogP contribution in [0.2, 0.25) is 0 Å². The van der Waals surface area contributed by atoms with Crippen molar-refractivity contribution in [1.82, 2.24) is 4.98 Å². The summed E-state index contributed by atoms with van der Waals surface area (Å²) in [5.74, 6) is -1.92. The Labute approximate surface area is 129 Å². The Hall–Kier alpha value is -1.97. The number of benzene rings is 1. The van der Waals surface area contributed by atoms with Crippen molar-refractivity contribution in [3.8, 4) is 5.75 Å². The summed E-state index contributed by atoms with van der Waals surface area (Å²) in [6.45, 7) is 2.33. The van der Waals surface area contributed by atoms with E-state index >= 15 is 0 Å². The summed E-state index contributed by atoms with van der Waals surface area (Å²) in [5.41, 5.74) is 1.28. The molecule has 1 fully saturated rings. The highest BCUT2D eigenvalue weighted by atomic mass is 19.3. The van der Waals surface area contributed by atoms with Crippen molar-refractivity contribution in [3.63, 3.8) is 0 Å². The van der Waals surface area contributed by atoms with E-state index in [-0.39, 0.29) is 6.42 Å². The minimum Gasteiger partial charge on any atom is -0.487 e. The summed E-state index contributed by atoms with van der Waals surface area (Å²) in [6.07, 6.45) is 3.46. The molecule has 1 aromatic heterocycles. The van der Waals surface area contributed by atoms with Crippen LogP contribution in [0.15, 0.2) is 48.7 Å². The van der Waals surface area contributed by atoms with Crippen LogP contribution in [-0.4, -0.2) is 10.9 Å². The summed E-state index contributed by atoms with van der Waals surface area (Å²) < 4.78 is 32.1. The smallest absolute Gasteiger partial charge is 0.253 e. The topological polar surface area (TPSA) is 22.1 Å². The third-order valence-corrected chi connectivity index (χ3v) is 4.21. The molecule has 1 aliphatic rings. The minimum atomic E-state index is -2.63. The number of aromatic nitrogens is 1. The molecule has 2 aromatic rings. The maximum atomic E-state index is 13.2. The van der Waals surface area contributed by atoms with Crippen molar-refractivity contribution in [2.45, 2.75) is 37.7 Å². The zero-order chi connectivity index (χ0) is 15.6. The number of alkyl halides is 2. The van der Waals surface area contributed by atoms with Gasteiger partial charge in [-0.1, -0.05) is 25.1 Å². The third kappa shape index (κ3) is 2.96. The Bertz CT molecular complexity index is 617. The Morgan fingerprint density at radius 3 is 2.41 bits per heavy atom. The van der Waals surface area contributed by atoms with Gasteiger partial charge >= 0.3 is 0 Å². The zero-order valence-corrected chi connectivity index (χ0v) is 12.4. The minimum absolute atomic E-state index is 0.107. The molecule has 0 bridgehead atoms. The fraction of sp³-hybridized carbons (Fsp3) is 0.333. The molecule has 1 unspecified atom stereocenters. The number of hydrogen-bond acceptors (Lipinski definition) is 2. The van der Waals surface area contributed by atoms with E-state index in [2.05, 4.69) is 4.98 Å². The second-order valence-electron chi connectivity index (χ2n) is 5.73. The van der Waals surface area contributed by atoms with Crippen LogP contribution in [-0.2, 0) is 12.0 Å². The van der Waals surface area contributed by atoms with Gasteiger partial charge in [0.05, 0.1) is 5.69 Å². The van der Waals surface area contributed by atoms with Crippen molar-refractivity contribution in [2.75, 3.05) is 0 Å². The molecule has 22 heavy (non-hydrogen) atoms. The Morgan fingerprint density at radius 2 is 1.86 bits per heavy atom. The van der Waals surface area contributed by atoms with Gasteiger partial charge in [-0.2, -0.15) is 0 Å². The number of hydrogen-bond donors (Lipinski definition) is 0. The number of nitrogens with zero attached hydrogens (tertiary/aromatic N) is 1. The van der Waals surface area contributed by atoms with Crippen molar-refractivity contribution >= 4 is 0 Å². The van der Waals surface area contributed by atoms with Gasteiger partial charge in [0.2, 0.25) is 0 Å². The quantitative estimate of drug-likeness (QED) is 0.808. The first-order chi connectivity index (χ1) is 10.5. The summed E-state index contributed by atoms with van der Waals surface area (Å²) in [7, 11) is 0. The number of ether oxygens (including phenoxy) is 1. The zero-order valence-electron chi connectivity index (χ0n) is 12.4. The molecule has 4 heteroatoms. The van der Waals surface area contributed by atoms with Gasteiger partial charge in [0.15, 0.2) is 0 Å². The summed E-state index contributed by atoms with van der Waals surface area (Å²) >= 11 is 0. The molecule has 1 radical (unpaired) electrons. The highest BCUT2D eigenvalue weighted by Crippen LogP contribution is 2.54. The Morgan fingerprint density at radius 1 is 1.14 bits per heavy atom. The van der Waals surface area contributed by atoms with E-state index in [4.69, 9.17) is 4.74 Å². The number of pyridine rings is 1. The van der Waals surface area contributed by atoms with E-state index in [1.165, 1.54) is 6.42 Å². The van der Waals surface area contributed by atoms with E-state index in [1.807, 2.05) is 49.4 Å². The second-order valence-corrected chi connectivity index (χ2v) is 5.73. The maximum absolute atomic E-state index is 13.2. The molecule has 1 heterocycles. The summed E-state index contributed by atoms with van der Waals surface area (Å²) in [4.78, 5) is 4.19. The van der Waals surface area contributed by atoms with E-state index in [1.54, 1.807) is 6.20 Å². The molecular weight excluding hydrogens is 284 g/mol. The van der Waals surface area contributed by atoms with Gasteiger partial charge < -0.3 is 4.74 Å². The van der Waals surface area contributed by atoms with Crippen molar-refractivity contribution in [1.29, 1.82) is 0 Å². The Kier molecular flexibility index (Phi) is 3.85. The molecular formula is C18H18F2NO. The SMILES string of the molecule is CCC1(c2ccc(OCc3ccccn3)cc2)[CH]C(F)(F)C1. The van der Waals surface area contributed by atoms with E-state index in [0.29, 0.717) is 18.8 Å². The van der Waals surface area contributed by atoms with Crippen molar-refractivity contribution in [2.24, 2.45) is 0 Å². The van der Waals surface area contributed by atoms with Crippen LogP contribution in [0.3, 0.4) is 0 Å². The van der Waals surface area contributed by atoms with Gasteiger partial charge in [-0.25, -0.2) is 8.78 Å². The first kappa shape index (κ1) is 14.9. The van der Waals surface area contributed by atoms with Gasteiger partial charge in [0.1, 0.15) is 12.4 Å². The number of rotatable bonds is 5. The lowest BCUT2D eigenvalue weighted by Crippen LogP contribution is -2.49. The summed E-state index contributed by atoms with van der Waals surface area (Å²) in [6, 6.07) is 13.1.